The zero-order valence-corrected chi connectivity index (χ0v) is 12.0. The maximum absolute atomic E-state index is 9.32. The van der Waals surface area contributed by atoms with Crippen molar-refractivity contribution in [2.75, 3.05) is 30.4 Å². The fraction of sp³-hybridized carbons (Fsp3) is 0.750. The molecule has 0 bridgehead atoms. The minimum absolute atomic E-state index is 0.0177. The Morgan fingerprint density at radius 3 is 2.37 bits per heavy atom. The van der Waals surface area contributed by atoms with Crippen LogP contribution in [0.3, 0.4) is 0 Å². The van der Waals surface area contributed by atoms with E-state index in [4.69, 9.17) is 4.74 Å². The molecule has 7 heteroatoms. The first-order valence-corrected chi connectivity index (χ1v) is 6.60. The Balaban J connectivity index is 2.91. The predicted octanol–water partition coefficient (Wildman–Crippen LogP) is 1.13. The van der Waals surface area contributed by atoms with Gasteiger partial charge in [0.1, 0.15) is 0 Å². The molecule has 108 valence electrons. The molecule has 1 rings (SSSR count). The molecular formula is C12H23N5O2. The van der Waals surface area contributed by atoms with Gasteiger partial charge in [-0.2, -0.15) is 15.0 Å². The Morgan fingerprint density at radius 2 is 1.84 bits per heavy atom. The van der Waals surface area contributed by atoms with Gasteiger partial charge in [-0.05, 0) is 19.8 Å². The van der Waals surface area contributed by atoms with Crippen molar-refractivity contribution in [3.8, 4) is 6.01 Å². The van der Waals surface area contributed by atoms with Crippen LogP contribution in [0.5, 0.6) is 6.01 Å². The SMILES string of the molecule is CCNc1nc(N[C@H](CO)C(C)C)nc(OCC)n1. The Kier molecular flexibility index (Phi) is 6.27. The van der Waals surface area contributed by atoms with Crippen molar-refractivity contribution in [2.24, 2.45) is 5.92 Å². The third kappa shape index (κ3) is 4.86. The quantitative estimate of drug-likeness (QED) is 0.651. The number of hydrogen-bond acceptors (Lipinski definition) is 7. The molecule has 19 heavy (non-hydrogen) atoms. The van der Waals surface area contributed by atoms with Gasteiger partial charge in [-0.1, -0.05) is 13.8 Å². The van der Waals surface area contributed by atoms with Gasteiger partial charge in [-0.3, -0.25) is 0 Å². The Bertz CT molecular complexity index is 362. The van der Waals surface area contributed by atoms with Crippen LogP contribution in [0, 0.1) is 5.92 Å². The first-order chi connectivity index (χ1) is 9.10. The average molecular weight is 269 g/mol. The van der Waals surface area contributed by atoms with Crippen LogP contribution in [-0.4, -0.2) is 45.9 Å². The van der Waals surface area contributed by atoms with E-state index in [9.17, 15) is 5.11 Å². The highest BCUT2D eigenvalue weighted by Gasteiger charge is 2.15. The highest BCUT2D eigenvalue weighted by molar-refractivity contribution is 5.36. The summed E-state index contributed by atoms with van der Waals surface area (Å²) >= 11 is 0. The van der Waals surface area contributed by atoms with Crippen molar-refractivity contribution in [2.45, 2.75) is 33.7 Å². The second-order valence-electron chi connectivity index (χ2n) is 4.41. The molecule has 7 nitrogen and oxygen atoms in total. The minimum Gasteiger partial charge on any atom is -0.464 e. The third-order valence-electron chi connectivity index (χ3n) is 2.54. The Hall–Kier alpha value is -1.63. The number of nitrogens with one attached hydrogen (secondary N) is 2. The number of nitrogens with zero attached hydrogens (tertiary/aromatic N) is 3. The number of hydrogen-bond donors (Lipinski definition) is 3. The van der Waals surface area contributed by atoms with E-state index in [1.807, 2.05) is 27.7 Å². The highest BCUT2D eigenvalue weighted by atomic mass is 16.5. The van der Waals surface area contributed by atoms with Gasteiger partial charge in [0.25, 0.3) is 0 Å². The zero-order valence-electron chi connectivity index (χ0n) is 12.0. The number of aromatic nitrogens is 3. The number of aliphatic hydroxyl groups excluding tert-OH is 1. The van der Waals surface area contributed by atoms with Gasteiger partial charge in [0.2, 0.25) is 11.9 Å². The van der Waals surface area contributed by atoms with E-state index < -0.39 is 0 Å². The van der Waals surface area contributed by atoms with Gasteiger partial charge in [0, 0.05) is 6.54 Å². The lowest BCUT2D eigenvalue weighted by Gasteiger charge is -2.20. The fourth-order valence-corrected chi connectivity index (χ4v) is 1.44. The molecule has 0 saturated heterocycles. The molecule has 0 spiro atoms. The standard InChI is InChI=1S/C12H23N5O2/c1-5-13-10-15-11(14-9(7-18)8(3)4)17-12(16-10)19-6-2/h8-9,18H,5-7H2,1-4H3,(H2,13,14,15,16,17)/t9-/m1/s1. The summed E-state index contributed by atoms with van der Waals surface area (Å²) in [4.78, 5) is 12.5. The van der Waals surface area contributed by atoms with Gasteiger partial charge in [0.05, 0.1) is 19.3 Å². The van der Waals surface area contributed by atoms with Gasteiger partial charge in [0.15, 0.2) is 0 Å². The topological polar surface area (TPSA) is 92.2 Å². The monoisotopic (exact) mass is 269 g/mol. The van der Waals surface area contributed by atoms with Gasteiger partial charge < -0.3 is 20.5 Å². The maximum atomic E-state index is 9.32. The summed E-state index contributed by atoms with van der Waals surface area (Å²) in [6.07, 6.45) is 0. The van der Waals surface area contributed by atoms with Gasteiger partial charge in [-0.25, -0.2) is 0 Å². The molecule has 1 heterocycles. The molecule has 0 aliphatic heterocycles. The van der Waals surface area contributed by atoms with Crippen molar-refractivity contribution in [3.63, 3.8) is 0 Å². The summed E-state index contributed by atoms with van der Waals surface area (Å²) in [5.41, 5.74) is 0. The summed E-state index contributed by atoms with van der Waals surface area (Å²) in [6.45, 7) is 9.08. The lowest BCUT2D eigenvalue weighted by atomic mass is 10.1. The van der Waals surface area contributed by atoms with Crippen LogP contribution >= 0.6 is 0 Å². The summed E-state index contributed by atoms with van der Waals surface area (Å²) in [6, 6.07) is 0.169. The molecule has 0 aliphatic rings. The molecule has 0 saturated carbocycles. The van der Waals surface area contributed by atoms with Crippen molar-refractivity contribution in [1.29, 1.82) is 0 Å². The van der Waals surface area contributed by atoms with E-state index in [-0.39, 0.29) is 24.6 Å². The van der Waals surface area contributed by atoms with Crippen LogP contribution in [0.2, 0.25) is 0 Å². The Labute approximate surface area is 113 Å². The number of anilines is 2. The van der Waals surface area contributed by atoms with Crippen molar-refractivity contribution < 1.29 is 9.84 Å². The largest absolute Gasteiger partial charge is 0.464 e. The van der Waals surface area contributed by atoms with Crippen LogP contribution in [-0.2, 0) is 0 Å². The molecule has 1 aromatic rings. The second-order valence-corrected chi connectivity index (χ2v) is 4.41. The minimum atomic E-state index is -0.105. The smallest absolute Gasteiger partial charge is 0.323 e. The summed E-state index contributed by atoms with van der Waals surface area (Å²) < 4.78 is 5.30. The van der Waals surface area contributed by atoms with Crippen LogP contribution in [0.15, 0.2) is 0 Å². The predicted molar refractivity (Wildman–Crippen MR) is 74.5 cm³/mol. The van der Waals surface area contributed by atoms with Gasteiger partial charge >= 0.3 is 6.01 Å². The highest BCUT2D eigenvalue weighted by Crippen LogP contribution is 2.14. The molecule has 0 unspecified atom stereocenters. The summed E-state index contributed by atoms with van der Waals surface area (Å²) in [5.74, 6) is 1.13. The molecule has 0 aromatic carbocycles. The van der Waals surface area contributed by atoms with E-state index in [0.717, 1.165) is 0 Å². The fourth-order valence-electron chi connectivity index (χ4n) is 1.44. The van der Waals surface area contributed by atoms with Crippen LogP contribution in [0.4, 0.5) is 11.9 Å². The first kappa shape index (κ1) is 15.4. The second kappa shape index (κ2) is 7.73. The number of aliphatic hydroxyl groups is 1. The van der Waals surface area contributed by atoms with Crippen molar-refractivity contribution in [1.82, 2.24) is 15.0 Å². The van der Waals surface area contributed by atoms with Crippen LogP contribution in [0.25, 0.3) is 0 Å². The van der Waals surface area contributed by atoms with E-state index in [1.165, 1.54) is 0 Å². The van der Waals surface area contributed by atoms with Crippen LogP contribution < -0.4 is 15.4 Å². The molecule has 0 fully saturated rings. The molecule has 1 atom stereocenters. The number of ether oxygens (including phenoxy) is 1. The lowest BCUT2D eigenvalue weighted by Crippen LogP contribution is -2.30. The molecule has 1 aromatic heterocycles. The van der Waals surface area contributed by atoms with Crippen molar-refractivity contribution in [3.05, 3.63) is 0 Å². The zero-order chi connectivity index (χ0) is 14.3. The van der Waals surface area contributed by atoms with E-state index >= 15 is 0 Å². The first-order valence-electron chi connectivity index (χ1n) is 6.60. The molecule has 3 N–H and O–H groups in total. The number of rotatable bonds is 8. The summed E-state index contributed by atoms with van der Waals surface area (Å²) in [5, 5.41) is 15.4. The molecule has 0 radical (unpaired) electrons. The Morgan fingerprint density at radius 1 is 1.16 bits per heavy atom. The molecule has 0 amide bonds. The molecule has 0 aliphatic carbocycles. The van der Waals surface area contributed by atoms with Crippen molar-refractivity contribution >= 4 is 11.9 Å². The molecular weight excluding hydrogens is 246 g/mol. The third-order valence-corrected chi connectivity index (χ3v) is 2.54. The maximum Gasteiger partial charge on any atom is 0.323 e. The van der Waals surface area contributed by atoms with E-state index in [1.54, 1.807) is 0 Å². The van der Waals surface area contributed by atoms with Gasteiger partial charge in [-0.15, -0.1) is 0 Å². The lowest BCUT2D eigenvalue weighted by molar-refractivity contribution is 0.248. The normalized spacial score (nSPS) is 12.3. The van der Waals surface area contributed by atoms with E-state index in [2.05, 4.69) is 25.6 Å². The van der Waals surface area contributed by atoms with E-state index in [0.29, 0.717) is 25.0 Å². The summed E-state index contributed by atoms with van der Waals surface area (Å²) in [7, 11) is 0. The van der Waals surface area contributed by atoms with Crippen LogP contribution in [0.1, 0.15) is 27.7 Å². The average Bonchev–Trinajstić information content (AvgIpc) is 2.36.